The molecule has 2 aromatic heterocycles. The van der Waals surface area contributed by atoms with Crippen LogP contribution < -0.4 is 10.3 Å². The number of anilines is 1. The number of benzene rings is 2. The van der Waals surface area contributed by atoms with Crippen molar-refractivity contribution < 1.29 is 9.21 Å². The van der Waals surface area contributed by atoms with Crippen LogP contribution >= 0.6 is 27.3 Å². The standard InChI is InChI=1S/C23H18BrN3O3S/c1-4-17-25-26-23(31-17)27-19(13-6-5-7-14(24)10-13)18-20(28)15-8-11(2)12(3)9-16(15)30-21(18)22(27)29/h5-10,19H,4H2,1-3H3. The topological polar surface area (TPSA) is 76.3 Å². The van der Waals surface area contributed by atoms with Crippen molar-refractivity contribution in [2.45, 2.75) is 33.2 Å². The summed E-state index contributed by atoms with van der Waals surface area (Å²) in [5, 5.41) is 10.2. The van der Waals surface area contributed by atoms with Crippen molar-refractivity contribution >= 4 is 49.3 Å². The Balaban J connectivity index is 1.82. The molecule has 1 atom stereocenters. The monoisotopic (exact) mass is 495 g/mol. The molecule has 0 bridgehead atoms. The van der Waals surface area contributed by atoms with Gasteiger partial charge in [0.2, 0.25) is 10.9 Å². The van der Waals surface area contributed by atoms with Gasteiger partial charge in [-0.15, -0.1) is 10.2 Å². The van der Waals surface area contributed by atoms with E-state index in [0.717, 1.165) is 26.2 Å². The molecule has 0 fully saturated rings. The lowest BCUT2D eigenvalue weighted by molar-refractivity contribution is 0.0970. The summed E-state index contributed by atoms with van der Waals surface area (Å²) >= 11 is 4.85. The van der Waals surface area contributed by atoms with Crippen LogP contribution in [0.4, 0.5) is 5.13 Å². The molecule has 1 unspecified atom stereocenters. The van der Waals surface area contributed by atoms with Crippen molar-refractivity contribution in [1.29, 1.82) is 0 Å². The van der Waals surface area contributed by atoms with Gasteiger partial charge in [0.25, 0.3) is 5.91 Å². The molecule has 31 heavy (non-hydrogen) atoms. The zero-order chi connectivity index (χ0) is 21.9. The van der Waals surface area contributed by atoms with Gasteiger partial charge in [-0.05, 0) is 61.2 Å². The third-order valence-corrected chi connectivity index (χ3v) is 7.18. The first-order chi connectivity index (χ1) is 14.9. The van der Waals surface area contributed by atoms with Crippen LogP contribution in [0, 0.1) is 13.8 Å². The van der Waals surface area contributed by atoms with Gasteiger partial charge in [0.1, 0.15) is 10.6 Å². The Hall–Kier alpha value is -2.84. The third-order valence-electron chi connectivity index (χ3n) is 5.62. The number of rotatable bonds is 3. The summed E-state index contributed by atoms with van der Waals surface area (Å²) in [6.45, 7) is 5.89. The van der Waals surface area contributed by atoms with Crippen molar-refractivity contribution in [2.24, 2.45) is 0 Å². The lowest BCUT2D eigenvalue weighted by Gasteiger charge is -2.22. The molecule has 4 aromatic rings. The Morgan fingerprint density at radius 3 is 2.61 bits per heavy atom. The summed E-state index contributed by atoms with van der Waals surface area (Å²) in [5.41, 5.74) is 3.36. The summed E-state index contributed by atoms with van der Waals surface area (Å²) in [7, 11) is 0. The minimum atomic E-state index is -0.639. The number of halogens is 1. The number of hydrogen-bond acceptors (Lipinski definition) is 6. The van der Waals surface area contributed by atoms with Crippen LogP contribution in [-0.4, -0.2) is 16.1 Å². The molecule has 3 heterocycles. The van der Waals surface area contributed by atoms with E-state index >= 15 is 0 Å². The highest BCUT2D eigenvalue weighted by atomic mass is 79.9. The molecule has 8 heteroatoms. The van der Waals surface area contributed by atoms with E-state index in [1.54, 1.807) is 0 Å². The quantitative estimate of drug-likeness (QED) is 0.383. The minimum Gasteiger partial charge on any atom is -0.450 e. The molecular weight excluding hydrogens is 478 g/mol. The first kappa shape index (κ1) is 20.1. The van der Waals surface area contributed by atoms with Crippen molar-refractivity contribution in [3.8, 4) is 0 Å². The van der Waals surface area contributed by atoms with Gasteiger partial charge in [0.05, 0.1) is 17.0 Å². The summed E-state index contributed by atoms with van der Waals surface area (Å²) in [6, 6.07) is 10.6. The van der Waals surface area contributed by atoms with E-state index in [1.165, 1.54) is 16.2 Å². The van der Waals surface area contributed by atoms with Crippen molar-refractivity contribution in [3.63, 3.8) is 0 Å². The number of carbonyl (C=O) groups is 1. The molecule has 6 nitrogen and oxygen atoms in total. The molecule has 0 spiro atoms. The fourth-order valence-electron chi connectivity index (χ4n) is 3.90. The van der Waals surface area contributed by atoms with Gasteiger partial charge < -0.3 is 4.42 Å². The number of aromatic nitrogens is 2. The van der Waals surface area contributed by atoms with E-state index in [2.05, 4.69) is 26.1 Å². The van der Waals surface area contributed by atoms with Crippen LogP contribution in [0.15, 0.2) is 50.1 Å². The number of aryl methyl sites for hydroxylation is 3. The van der Waals surface area contributed by atoms with Gasteiger partial charge in [-0.1, -0.05) is 46.3 Å². The molecule has 0 aliphatic carbocycles. The van der Waals surface area contributed by atoms with E-state index in [4.69, 9.17) is 4.42 Å². The lowest BCUT2D eigenvalue weighted by atomic mass is 9.98. The molecule has 0 N–H and O–H groups in total. The van der Waals surface area contributed by atoms with Crippen LogP contribution in [0.2, 0.25) is 0 Å². The zero-order valence-electron chi connectivity index (χ0n) is 17.1. The van der Waals surface area contributed by atoms with Gasteiger partial charge >= 0.3 is 0 Å². The maximum atomic E-state index is 13.7. The zero-order valence-corrected chi connectivity index (χ0v) is 19.5. The fourth-order valence-corrected chi connectivity index (χ4v) is 5.12. The number of hydrogen-bond donors (Lipinski definition) is 0. The summed E-state index contributed by atoms with van der Waals surface area (Å²) in [6.07, 6.45) is 0.716. The van der Waals surface area contributed by atoms with Crippen molar-refractivity contribution in [3.05, 3.63) is 84.1 Å². The molecule has 0 radical (unpaired) electrons. The Morgan fingerprint density at radius 1 is 1.13 bits per heavy atom. The molecule has 1 amide bonds. The largest absolute Gasteiger partial charge is 0.450 e. The number of nitrogens with zero attached hydrogens (tertiary/aromatic N) is 3. The Labute approximate surface area is 190 Å². The van der Waals surface area contributed by atoms with Crippen LogP contribution in [-0.2, 0) is 6.42 Å². The molecule has 5 rings (SSSR count). The predicted molar refractivity (Wildman–Crippen MR) is 124 cm³/mol. The van der Waals surface area contributed by atoms with Gasteiger partial charge in [-0.2, -0.15) is 0 Å². The van der Waals surface area contributed by atoms with Crippen LogP contribution in [0.25, 0.3) is 11.0 Å². The molecule has 0 saturated carbocycles. The smallest absolute Gasteiger partial charge is 0.297 e. The average molecular weight is 496 g/mol. The van der Waals surface area contributed by atoms with Gasteiger partial charge in [-0.3, -0.25) is 14.5 Å². The average Bonchev–Trinajstić information content (AvgIpc) is 3.32. The SMILES string of the molecule is CCc1nnc(N2C(=O)c3oc4cc(C)c(C)cc4c(=O)c3C2c2cccc(Br)c2)s1. The maximum absolute atomic E-state index is 13.7. The van der Waals surface area contributed by atoms with E-state index in [1.807, 2.05) is 57.2 Å². The second-order valence-corrected chi connectivity index (χ2v) is 9.53. The molecule has 2 aromatic carbocycles. The highest BCUT2D eigenvalue weighted by Gasteiger charge is 2.45. The number of fused-ring (bicyclic) bond motifs is 2. The summed E-state index contributed by atoms with van der Waals surface area (Å²) < 4.78 is 6.91. The van der Waals surface area contributed by atoms with Gasteiger partial charge in [-0.25, -0.2) is 0 Å². The molecular formula is C23H18BrN3O3S. The van der Waals surface area contributed by atoms with Gasteiger partial charge in [0.15, 0.2) is 5.43 Å². The van der Waals surface area contributed by atoms with E-state index in [0.29, 0.717) is 28.1 Å². The number of amides is 1. The van der Waals surface area contributed by atoms with E-state index < -0.39 is 6.04 Å². The Morgan fingerprint density at radius 2 is 1.90 bits per heavy atom. The molecule has 1 aliphatic rings. The normalized spacial score (nSPS) is 15.7. The number of carbonyl (C=O) groups excluding carboxylic acids is 1. The van der Waals surface area contributed by atoms with Crippen LogP contribution in [0.1, 0.15) is 50.8 Å². The fraction of sp³-hybridized carbons (Fsp3) is 0.217. The highest BCUT2D eigenvalue weighted by molar-refractivity contribution is 9.10. The predicted octanol–water partition coefficient (Wildman–Crippen LogP) is 5.34. The third kappa shape index (κ3) is 3.13. The second kappa shape index (κ2) is 7.39. The van der Waals surface area contributed by atoms with Crippen molar-refractivity contribution in [1.82, 2.24) is 10.2 Å². The van der Waals surface area contributed by atoms with E-state index in [9.17, 15) is 9.59 Å². The summed E-state index contributed by atoms with van der Waals surface area (Å²) in [4.78, 5) is 28.7. The van der Waals surface area contributed by atoms with Crippen LogP contribution in [0.5, 0.6) is 0 Å². The second-order valence-electron chi connectivity index (χ2n) is 7.57. The summed E-state index contributed by atoms with van der Waals surface area (Å²) in [5.74, 6) is -0.310. The van der Waals surface area contributed by atoms with Crippen LogP contribution in [0.3, 0.4) is 0 Å². The Kier molecular flexibility index (Phi) is 4.79. The maximum Gasteiger partial charge on any atom is 0.297 e. The molecule has 1 aliphatic heterocycles. The first-order valence-corrected chi connectivity index (χ1v) is 11.5. The first-order valence-electron chi connectivity index (χ1n) is 9.88. The highest BCUT2D eigenvalue weighted by Crippen LogP contribution is 2.42. The lowest BCUT2D eigenvalue weighted by Crippen LogP contribution is -2.29. The van der Waals surface area contributed by atoms with E-state index in [-0.39, 0.29) is 17.1 Å². The Bertz CT molecular complexity index is 1430. The van der Waals surface area contributed by atoms with Crippen molar-refractivity contribution in [2.75, 3.05) is 4.90 Å². The molecule has 0 saturated heterocycles. The minimum absolute atomic E-state index is 0.0685. The molecule has 156 valence electrons. The van der Waals surface area contributed by atoms with Gasteiger partial charge in [0, 0.05) is 4.47 Å².